The minimum absolute atomic E-state index is 0.0190. The van der Waals surface area contributed by atoms with Gasteiger partial charge in [-0.3, -0.25) is 0 Å². The predicted molar refractivity (Wildman–Crippen MR) is 211 cm³/mol. The van der Waals surface area contributed by atoms with E-state index in [-0.39, 0.29) is 5.92 Å². The molecular formula is C47H29N3O2. The van der Waals surface area contributed by atoms with Crippen LogP contribution in [0.3, 0.4) is 0 Å². The zero-order valence-electron chi connectivity index (χ0n) is 28.0. The van der Waals surface area contributed by atoms with Crippen LogP contribution in [0, 0.1) is 0 Å². The van der Waals surface area contributed by atoms with Gasteiger partial charge in [-0.1, -0.05) is 115 Å². The van der Waals surface area contributed by atoms with E-state index in [1.807, 2.05) is 30.3 Å². The summed E-state index contributed by atoms with van der Waals surface area (Å²) in [6.07, 6.45) is 9.33. The fourth-order valence-corrected chi connectivity index (χ4v) is 7.91. The molecule has 1 unspecified atom stereocenters. The van der Waals surface area contributed by atoms with E-state index in [1.165, 1.54) is 16.2 Å². The molecule has 1 aliphatic rings. The molecule has 5 heteroatoms. The van der Waals surface area contributed by atoms with Crippen LogP contribution in [0.4, 0.5) is 0 Å². The maximum Gasteiger partial charge on any atom is 0.165 e. The smallest absolute Gasteiger partial charge is 0.165 e. The quantitative estimate of drug-likeness (QED) is 0.175. The summed E-state index contributed by atoms with van der Waals surface area (Å²) < 4.78 is 12.8. The highest BCUT2D eigenvalue weighted by Gasteiger charge is 2.24. The molecule has 0 radical (unpaired) electrons. The Morgan fingerprint density at radius 2 is 1.17 bits per heavy atom. The van der Waals surface area contributed by atoms with Crippen LogP contribution in [0.1, 0.15) is 18.2 Å². The second-order valence-electron chi connectivity index (χ2n) is 13.5. The Hall–Kier alpha value is -6.85. The average molecular weight is 668 g/mol. The summed E-state index contributed by atoms with van der Waals surface area (Å²) in [7, 11) is 0. The molecule has 0 aliphatic heterocycles. The van der Waals surface area contributed by atoms with E-state index in [9.17, 15) is 0 Å². The largest absolute Gasteiger partial charge is 0.456 e. The van der Waals surface area contributed by atoms with Gasteiger partial charge in [-0.2, -0.15) is 0 Å². The predicted octanol–water partition coefficient (Wildman–Crippen LogP) is 12.6. The van der Waals surface area contributed by atoms with E-state index >= 15 is 0 Å². The molecule has 5 nitrogen and oxygen atoms in total. The van der Waals surface area contributed by atoms with Gasteiger partial charge in [0.1, 0.15) is 28.2 Å². The summed E-state index contributed by atoms with van der Waals surface area (Å²) in [6, 6.07) is 46.4. The van der Waals surface area contributed by atoms with Gasteiger partial charge >= 0.3 is 0 Å². The fraction of sp³-hybridized carbons (Fsp3) is 0.0426. The third-order valence-electron chi connectivity index (χ3n) is 10.4. The lowest BCUT2D eigenvalue weighted by Crippen LogP contribution is -2.08. The van der Waals surface area contributed by atoms with Gasteiger partial charge in [0.05, 0.1) is 0 Å². The van der Waals surface area contributed by atoms with E-state index in [1.54, 1.807) is 0 Å². The summed E-state index contributed by atoms with van der Waals surface area (Å²) in [5.74, 6) is 2.01. The maximum absolute atomic E-state index is 6.45. The Morgan fingerprint density at radius 1 is 0.481 bits per heavy atom. The number of hydrogen-bond acceptors (Lipinski definition) is 5. The van der Waals surface area contributed by atoms with Crippen molar-refractivity contribution in [3.63, 3.8) is 0 Å². The monoisotopic (exact) mass is 667 g/mol. The number of rotatable bonds is 4. The van der Waals surface area contributed by atoms with Crippen molar-refractivity contribution in [2.75, 3.05) is 0 Å². The highest BCUT2D eigenvalue weighted by Crippen LogP contribution is 2.44. The zero-order chi connectivity index (χ0) is 34.2. The number of allylic oxidation sites excluding steroid dienone is 4. The summed E-state index contributed by atoms with van der Waals surface area (Å²) >= 11 is 0. The van der Waals surface area contributed by atoms with Gasteiger partial charge in [0, 0.05) is 38.6 Å². The molecule has 1 atom stereocenters. The topological polar surface area (TPSA) is 65.0 Å². The van der Waals surface area contributed by atoms with Crippen molar-refractivity contribution in [3.8, 4) is 33.9 Å². The third kappa shape index (κ3) is 4.53. The maximum atomic E-state index is 6.45. The highest BCUT2D eigenvalue weighted by atomic mass is 16.3. The van der Waals surface area contributed by atoms with E-state index in [0.29, 0.717) is 11.6 Å². The van der Waals surface area contributed by atoms with Crippen molar-refractivity contribution < 1.29 is 8.83 Å². The molecule has 0 amide bonds. The van der Waals surface area contributed by atoms with Crippen molar-refractivity contribution in [1.82, 2.24) is 15.0 Å². The van der Waals surface area contributed by atoms with Gasteiger partial charge in [-0.05, 0) is 81.6 Å². The Bertz CT molecular complexity index is 3130. The van der Waals surface area contributed by atoms with E-state index in [2.05, 4.69) is 127 Å². The van der Waals surface area contributed by atoms with Crippen molar-refractivity contribution >= 4 is 65.4 Å². The third-order valence-corrected chi connectivity index (χ3v) is 10.4. The number of hydrogen-bond donors (Lipinski definition) is 0. The van der Waals surface area contributed by atoms with Gasteiger partial charge < -0.3 is 8.83 Å². The second-order valence-corrected chi connectivity index (χ2v) is 13.5. The molecule has 3 aromatic heterocycles. The van der Waals surface area contributed by atoms with E-state index in [4.69, 9.17) is 23.8 Å². The van der Waals surface area contributed by atoms with Gasteiger partial charge in [0.2, 0.25) is 0 Å². The molecule has 10 aromatic rings. The molecule has 0 bridgehead atoms. The minimum Gasteiger partial charge on any atom is -0.456 e. The first-order valence-corrected chi connectivity index (χ1v) is 17.6. The summed E-state index contributed by atoms with van der Waals surface area (Å²) in [6.45, 7) is 0. The minimum atomic E-state index is 0.0190. The lowest BCUT2D eigenvalue weighted by atomic mass is 9.93. The molecule has 0 saturated carbocycles. The Morgan fingerprint density at radius 3 is 2.06 bits per heavy atom. The zero-order valence-corrected chi connectivity index (χ0v) is 28.0. The highest BCUT2D eigenvalue weighted by molar-refractivity contribution is 6.16. The lowest BCUT2D eigenvalue weighted by Gasteiger charge is -2.16. The SMILES string of the molecule is C1=CCC(c2nc(-c3ccc4c(ccc5ccccc54)c3)nc(-c3c(-c4ccc5c(c4)oc4ccccc45)ccc4oc5ccccc5c34)n2)C=C1. The van der Waals surface area contributed by atoms with E-state index in [0.717, 1.165) is 83.8 Å². The molecular weight excluding hydrogens is 639 g/mol. The van der Waals surface area contributed by atoms with Crippen molar-refractivity contribution in [2.24, 2.45) is 0 Å². The molecule has 1 aliphatic carbocycles. The summed E-state index contributed by atoms with van der Waals surface area (Å²) in [4.78, 5) is 15.8. The van der Waals surface area contributed by atoms with Crippen LogP contribution in [0.15, 0.2) is 167 Å². The van der Waals surface area contributed by atoms with Crippen LogP contribution in [0.5, 0.6) is 0 Å². The van der Waals surface area contributed by atoms with Crippen LogP contribution in [-0.2, 0) is 0 Å². The molecule has 0 saturated heterocycles. The summed E-state index contributed by atoms with van der Waals surface area (Å²) in [5.41, 5.74) is 7.16. The number of nitrogens with zero attached hydrogens (tertiary/aromatic N) is 3. The number of aromatic nitrogens is 3. The molecule has 3 heterocycles. The molecule has 52 heavy (non-hydrogen) atoms. The second kappa shape index (κ2) is 11.3. The first-order chi connectivity index (χ1) is 25.7. The molecule has 0 fully saturated rings. The molecule has 244 valence electrons. The first-order valence-electron chi connectivity index (χ1n) is 17.6. The lowest BCUT2D eigenvalue weighted by molar-refractivity contribution is 0.669. The Kier molecular flexibility index (Phi) is 6.31. The van der Waals surface area contributed by atoms with Crippen LogP contribution >= 0.6 is 0 Å². The standard InChI is InChI=1S/C47H29N3O2/c1-2-11-29(12-3-1)45-48-46(32-21-22-34-30(26-32)19-18-28-10-4-5-13-33(28)34)50-47(49-45)44-35(24-25-41-43(44)38-15-7-9-17-40(38)51-41)31-20-23-37-36-14-6-8-16-39(36)52-42(37)27-31/h1-11,13-27,29H,12H2. The number of fused-ring (bicyclic) bond motifs is 9. The van der Waals surface area contributed by atoms with Gasteiger partial charge in [0.15, 0.2) is 11.6 Å². The number of furan rings is 2. The molecule has 0 spiro atoms. The number of benzene rings is 7. The molecule has 11 rings (SSSR count). The van der Waals surface area contributed by atoms with Crippen molar-refractivity contribution in [1.29, 1.82) is 0 Å². The molecule has 7 aromatic carbocycles. The normalized spacial score (nSPS) is 14.5. The fourth-order valence-electron chi connectivity index (χ4n) is 7.91. The average Bonchev–Trinajstić information content (AvgIpc) is 3.78. The van der Waals surface area contributed by atoms with Crippen LogP contribution in [-0.4, -0.2) is 15.0 Å². The van der Waals surface area contributed by atoms with Crippen molar-refractivity contribution in [3.05, 3.63) is 164 Å². The van der Waals surface area contributed by atoms with Crippen LogP contribution in [0.2, 0.25) is 0 Å². The Labute approximate surface area is 298 Å². The van der Waals surface area contributed by atoms with Gasteiger partial charge in [-0.15, -0.1) is 0 Å². The van der Waals surface area contributed by atoms with Crippen LogP contribution in [0.25, 0.3) is 99.3 Å². The summed E-state index contributed by atoms with van der Waals surface area (Å²) in [5, 5.41) is 8.97. The van der Waals surface area contributed by atoms with Gasteiger partial charge in [0.25, 0.3) is 0 Å². The molecule has 0 N–H and O–H groups in total. The van der Waals surface area contributed by atoms with Crippen LogP contribution < -0.4 is 0 Å². The van der Waals surface area contributed by atoms with Gasteiger partial charge in [-0.25, -0.2) is 15.0 Å². The first kappa shape index (κ1) is 28.9. The van der Waals surface area contributed by atoms with E-state index < -0.39 is 0 Å². The Balaban J connectivity index is 1.19. The van der Waals surface area contributed by atoms with Crippen molar-refractivity contribution in [2.45, 2.75) is 12.3 Å². The number of para-hydroxylation sites is 2.